The Hall–Kier alpha value is -3.79. The van der Waals surface area contributed by atoms with Crippen LogP contribution in [0.25, 0.3) is 0 Å². The van der Waals surface area contributed by atoms with E-state index in [9.17, 15) is 23.6 Å². The zero-order valence-corrected chi connectivity index (χ0v) is 18.0. The number of carbonyl (C=O) groups is 3. The molecular weight excluding hydrogens is 435 g/mol. The van der Waals surface area contributed by atoms with Crippen molar-refractivity contribution in [1.29, 1.82) is 0 Å². The normalized spacial score (nSPS) is 10.5. The average Bonchev–Trinajstić information content (AvgIpc) is 2.76. The first-order valence-electron chi connectivity index (χ1n) is 9.41. The third-order valence-corrected chi connectivity index (χ3v) is 5.42. The van der Waals surface area contributed by atoms with Crippen molar-refractivity contribution in [1.82, 2.24) is 9.55 Å². The van der Waals surface area contributed by atoms with Gasteiger partial charge in [-0.2, -0.15) is 0 Å². The number of rotatable bonds is 7. The molecule has 0 unspecified atom stereocenters. The number of benzene rings is 2. The van der Waals surface area contributed by atoms with E-state index in [0.29, 0.717) is 16.9 Å². The summed E-state index contributed by atoms with van der Waals surface area (Å²) < 4.78 is 14.2. The molecule has 164 valence electrons. The van der Waals surface area contributed by atoms with Crippen molar-refractivity contribution >= 4 is 40.7 Å². The van der Waals surface area contributed by atoms with E-state index in [4.69, 9.17) is 0 Å². The van der Waals surface area contributed by atoms with Crippen molar-refractivity contribution in [2.75, 3.05) is 16.4 Å². The lowest BCUT2D eigenvalue weighted by molar-refractivity contribution is -0.113. The van der Waals surface area contributed by atoms with Crippen LogP contribution in [0.2, 0.25) is 0 Å². The summed E-state index contributed by atoms with van der Waals surface area (Å²) in [6.45, 7) is 1.46. The van der Waals surface area contributed by atoms with Crippen molar-refractivity contribution in [3.05, 3.63) is 82.0 Å². The Balaban J connectivity index is 1.62. The van der Waals surface area contributed by atoms with Crippen molar-refractivity contribution in [3.8, 4) is 0 Å². The molecule has 0 bridgehead atoms. The molecule has 32 heavy (non-hydrogen) atoms. The zero-order valence-electron chi connectivity index (χ0n) is 17.2. The van der Waals surface area contributed by atoms with Crippen LogP contribution >= 0.6 is 11.8 Å². The van der Waals surface area contributed by atoms with Crippen molar-refractivity contribution in [2.24, 2.45) is 7.05 Å². The maximum atomic E-state index is 13.0. The van der Waals surface area contributed by atoms with Crippen molar-refractivity contribution < 1.29 is 18.8 Å². The van der Waals surface area contributed by atoms with Crippen molar-refractivity contribution in [2.45, 2.75) is 12.1 Å². The van der Waals surface area contributed by atoms with Crippen LogP contribution in [0.5, 0.6) is 0 Å². The fourth-order valence-electron chi connectivity index (χ4n) is 2.67. The number of anilines is 2. The van der Waals surface area contributed by atoms with Gasteiger partial charge >= 0.3 is 0 Å². The molecule has 0 saturated carbocycles. The lowest BCUT2D eigenvalue weighted by Crippen LogP contribution is -2.29. The van der Waals surface area contributed by atoms with Crippen LogP contribution in [0.15, 0.2) is 64.7 Å². The number of halogens is 1. The van der Waals surface area contributed by atoms with Gasteiger partial charge in [0.2, 0.25) is 5.91 Å². The highest BCUT2D eigenvalue weighted by Gasteiger charge is 2.16. The molecule has 0 aliphatic rings. The second-order valence-corrected chi connectivity index (χ2v) is 7.69. The number of nitrogens with zero attached hydrogens (tertiary/aromatic N) is 2. The molecular formula is C22H19FN4O4S. The highest BCUT2D eigenvalue weighted by atomic mass is 32.2. The van der Waals surface area contributed by atoms with Gasteiger partial charge in [0.25, 0.3) is 11.5 Å². The second-order valence-electron chi connectivity index (χ2n) is 6.75. The quantitative estimate of drug-likeness (QED) is 0.323. The van der Waals surface area contributed by atoms with E-state index in [1.807, 2.05) is 0 Å². The largest absolute Gasteiger partial charge is 0.325 e. The van der Waals surface area contributed by atoms with Gasteiger partial charge in [0.15, 0.2) is 10.9 Å². The molecule has 10 heteroatoms. The molecule has 0 fully saturated rings. The molecule has 0 aliphatic carbocycles. The van der Waals surface area contributed by atoms with Gasteiger partial charge in [-0.15, -0.1) is 0 Å². The Morgan fingerprint density at radius 3 is 2.22 bits per heavy atom. The fraction of sp³-hybridized carbons (Fsp3) is 0.136. The smallest absolute Gasteiger partial charge is 0.266 e. The number of carbonyl (C=O) groups excluding carboxylic acids is 3. The molecule has 1 aromatic heterocycles. The molecule has 0 atom stereocenters. The standard InChI is InChI=1S/C22H19FN4O4S/c1-13(28)14-3-7-16(8-4-14)25-19(29)12-32-22-24-11-18(21(31)27(22)2)20(30)26-17-9-5-15(23)6-10-17/h3-11H,12H2,1-2H3,(H,25,29)(H,26,30). The van der Waals surface area contributed by atoms with E-state index in [1.54, 1.807) is 24.3 Å². The summed E-state index contributed by atoms with van der Waals surface area (Å²) >= 11 is 1.03. The third kappa shape index (κ3) is 5.67. The molecule has 2 aromatic carbocycles. The summed E-state index contributed by atoms with van der Waals surface area (Å²) in [5.41, 5.74) is 0.652. The van der Waals surface area contributed by atoms with Gasteiger partial charge in [0.1, 0.15) is 11.4 Å². The molecule has 0 radical (unpaired) electrons. The van der Waals surface area contributed by atoms with E-state index < -0.39 is 17.3 Å². The summed E-state index contributed by atoms with van der Waals surface area (Å²) in [4.78, 5) is 52.5. The number of hydrogen-bond donors (Lipinski definition) is 2. The molecule has 0 saturated heterocycles. The van der Waals surface area contributed by atoms with E-state index in [2.05, 4.69) is 15.6 Å². The molecule has 0 aliphatic heterocycles. The van der Waals surface area contributed by atoms with Crippen LogP contribution < -0.4 is 16.2 Å². The maximum Gasteiger partial charge on any atom is 0.266 e. The van der Waals surface area contributed by atoms with Crippen LogP contribution in [0, 0.1) is 5.82 Å². The maximum absolute atomic E-state index is 13.0. The number of nitrogens with one attached hydrogen (secondary N) is 2. The van der Waals surface area contributed by atoms with E-state index in [-0.39, 0.29) is 28.2 Å². The number of Topliss-reactive ketones (excluding diaryl/α,β-unsaturated/α-hetero) is 1. The summed E-state index contributed by atoms with van der Waals surface area (Å²) in [7, 11) is 1.45. The molecule has 3 aromatic rings. The molecule has 0 spiro atoms. The van der Waals surface area contributed by atoms with Crippen LogP contribution in [0.4, 0.5) is 15.8 Å². The predicted octanol–water partition coefficient (Wildman–Crippen LogP) is 3.11. The van der Waals surface area contributed by atoms with E-state index >= 15 is 0 Å². The SMILES string of the molecule is CC(=O)c1ccc(NC(=O)CSc2ncc(C(=O)Nc3ccc(F)cc3)c(=O)n2C)cc1. The van der Waals surface area contributed by atoms with E-state index in [1.165, 1.54) is 42.8 Å². The molecule has 2 N–H and O–H groups in total. The van der Waals surface area contributed by atoms with Gasteiger partial charge < -0.3 is 10.6 Å². The lowest BCUT2D eigenvalue weighted by Gasteiger charge is -2.10. The monoisotopic (exact) mass is 454 g/mol. The summed E-state index contributed by atoms with van der Waals surface area (Å²) in [6.07, 6.45) is 1.14. The minimum absolute atomic E-state index is 0.0180. The number of thioether (sulfide) groups is 1. The zero-order chi connectivity index (χ0) is 23.3. The average molecular weight is 454 g/mol. The van der Waals surface area contributed by atoms with Gasteiger partial charge in [-0.1, -0.05) is 11.8 Å². The summed E-state index contributed by atoms with van der Waals surface area (Å²) in [5.74, 6) is -1.53. The number of amides is 2. The number of aromatic nitrogens is 2. The minimum atomic E-state index is -0.673. The Bertz CT molecular complexity index is 1220. The summed E-state index contributed by atoms with van der Waals surface area (Å²) in [6, 6.07) is 11.6. The van der Waals surface area contributed by atoms with Crippen molar-refractivity contribution in [3.63, 3.8) is 0 Å². The molecule has 8 nitrogen and oxygen atoms in total. The Labute approximate surface area is 186 Å². The highest BCUT2D eigenvalue weighted by Crippen LogP contribution is 2.16. The minimum Gasteiger partial charge on any atom is -0.325 e. The van der Waals surface area contributed by atoms with Gasteiger partial charge in [-0.05, 0) is 55.5 Å². The summed E-state index contributed by atoms with van der Waals surface area (Å²) in [5, 5.41) is 5.47. The molecule has 3 rings (SSSR count). The molecule has 1 heterocycles. The Kier molecular flexibility index (Phi) is 7.16. The van der Waals surface area contributed by atoms with Crippen LogP contribution in [-0.2, 0) is 11.8 Å². The first-order valence-corrected chi connectivity index (χ1v) is 10.4. The van der Waals surface area contributed by atoms with Crippen LogP contribution in [0.1, 0.15) is 27.6 Å². The lowest BCUT2D eigenvalue weighted by atomic mass is 10.1. The Morgan fingerprint density at radius 1 is 1.00 bits per heavy atom. The number of hydrogen-bond acceptors (Lipinski definition) is 6. The highest BCUT2D eigenvalue weighted by molar-refractivity contribution is 7.99. The Morgan fingerprint density at radius 2 is 1.59 bits per heavy atom. The van der Waals surface area contributed by atoms with Gasteiger partial charge in [0.05, 0.1) is 5.75 Å². The molecule has 2 amide bonds. The van der Waals surface area contributed by atoms with Gasteiger partial charge in [-0.3, -0.25) is 23.7 Å². The van der Waals surface area contributed by atoms with E-state index in [0.717, 1.165) is 18.0 Å². The fourth-order valence-corrected chi connectivity index (χ4v) is 3.40. The number of ketones is 1. The first kappa shape index (κ1) is 22.9. The topological polar surface area (TPSA) is 110 Å². The third-order valence-electron chi connectivity index (χ3n) is 4.38. The van der Waals surface area contributed by atoms with Gasteiger partial charge in [-0.25, -0.2) is 9.37 Å². The van der Waals surface area contributed by atoms with Crippen LogP contribution in [0.3, 0.4) is 0 Å². The predicted molar refractivity (Wildman–Crippen MR) is 120 cm³/mol. The van der Waals surface area contributed by atoms with Crippen LogP contribution in [-0.4, -0.2) is 32.9 Å². The van der Waals surface area contributed by atoms with Gasteiger partial charge in [0, 0.05) is 30.2 Å². The first-order chi connectivity index (χ1) is 15.2. The second kappa shape index (κ2) is 10.0.